The van der Waals surface area contributed by atoms with E-state index in [-0.39, 0.29) is 41.2 Å². The molecule has 1 amide bonds. The second-order valence-corrected chi connectivity index (χ2v) is 7.81. The summed E-state index contributed by atoms with van der Waals surface area (Å²) in [6.45, 7) is 3.88. The smallest absolute Gasteiger partial charge is 0.752 e. The van der Waals surface area contributed by atoms with Crippen LogP contribution in [-0.4, -0.2) is 5.91 Å². The van der Waals surface area contributed by atoms with Crippen molar-refractivity contribution in [2.75, 3.05) is 10.4 Å². The van der Waals surface area contributed by atoms with Gasteiger partial charge in [0.25, 0.3) is 13.7 Å². The average molecular weight is 418 g/mol. The molecule has 0 aliphatic heterocycles. The third kappa shape index (κ3) is 7.03. The second-order valence-electron chi connectivity index (χ2n) is 6.41. The van der Waals surface area contributed by atoms with Crippen LogP contribution in [0.25, 0.3) is 0 Å². The predicted octanol–water partition coefficient (Wildman–Crippen LogP) is 1.52. The minimum atomic E-state index is -4.35. The van der Waals surface area contributed by atoms with Gasteiger partial charge in [-0.2, -0.15) is 0 Å². The molecule has 0 spiro atoms. The maximum Gasteiger partial charge on any atom is 1.00 e. The van der Waals surface area contributed by atoms with Gasteiger partial charge < -0.3 is 19.8 Å². The van der Waals surface area contributed by atoms with E-state index in [0.717, 1.165) is 11.1 Å². The van der Waals surface area contributed by atoms with Crippen LogP contribution in [0.15, 0.2) is 72.8 Å². The van der Waals surface area contributed by atoms with Crippen molar-refractivity contribution in [1.29, 1.82) is 0 Å². The molecule has 3 rings (SSSR count). The summed E-state index contributed by atoms with van der Waals surface area (Å²) < 4.78 is 17.2. The molecule has 0 heterocycles. The van der Waals surface area contributed by atoms with E-state index in [4.69, 9.17) is 4.52 Å². The number of aryl methyl sites for hydroxylation is 2. The van der Waals surface area contributed by atoms with Gasteiger partial charge in [0.2, 0.25) is 0 Å². The number of benzene rings is 3. The molecule has 2 N–H and O–H groups in total. The van der Waals surface area contributed by atoms with Crippen molar-refractivity contribution in [3.05, 3.63) is 89.5 Å². The third-order valence-electron chi connectivity index (χ3n) is 3.97. The van der Waals surface area contributed by atoms with Gasteiger partial charge in [0.1, 0.15) is 5.75 Å². The summed E-state index contributed by atoms with van der Waals surface area (Å²) in [6.07, 6.45) is 0. The number of anilines is 2. The van der Waals surface area contributed by atoms with Gasteiger partial charge in [-0.15, -0.1) is 0 Å². The minimum Gasteiger partial charge on any atom is -0.752 e. The number of amides is 1. The van der Waals surface area contributed by atoms with Crippen LogP contribution < -0.4 is 49.4 Å². The maximum absolute atomic E-state index is 12.3. The van der Waals surface area contributed by atoms with E-state index >= 15 is 0 Å². The first kappa shape index (κ1) is 23.2. The zero-order valence-electron chi connectivity index (χ0n) is 16.5. The molecule has 29 heavy (non-hydrogen) atoms. The summed E-state index contributed by atoms with van der Waals surface area (Å²) in [5, 5.41) is 5.15. The zero-order chi connectivity index (χ0) is 20.1. The Hall–Kier alpha value is -2.08. The van der Waals surface area contributed by atoms with Crippen LogP contribution >= 0.6 is 7.75 Å². The number of rotatable bonds is 6. The zero-order valence-corrected chi connectivity index (χ0v) is 19.4. The summed E-state index contributed by atoms with van der Waals surface area (Å²) in [7, 11) is -4.35. The van der Waals surface area contributed by atoms with Crippen molar-refractivity contribution in [1.82, 2.24) is 0 Å². The first-order valence-corrected chi connectivity index (χ1v) is 10.2. The molecule has 0 aromatic heterocycles. The molecule has 0 bridgehead atoms. The molecular weight excluding hydrogens is 398 g/mol. The van der Waals surface area contributed by atoms with E-state index in [2.05, 4.69) is 10.4 Å². The van der Waals surface area contributed by atoms with Crippen LogP contribution in [0.2, 0.25) is 0 Å². The first-order valence-electron chi connectivity index (χ1n) is 8.64. The molecule has 0 fully saturated rings. The predicted molar refractivity (Wildman–Crippen MR) is 109 cm³/mol. The fourth-order valence-electron chi connectivity index (χ4n) is 2.46. The van der Waals surface area contributed by atoms with Crippen molar-refractivity contribution in [3.63, 3.8) is 0 Å². The molecule has 0 aliphatic rings. The Kier molecular flexibility index (Phi) is 8.08. The van der Waals surface area contributed by atoms with Crippen molar-refractivity contribution in [2.24, 2.45) is 0 Å². The standard InChI is InChI=1S/C21H21N2O4P.Na/c1-15-3-9-18(10-4-15)22-21(24)17-7-13-20(14-8-17)27-28(25,26)23-19-11-5-16(2)6-12-19;/h3-14H,1-2H3,(H,22,24)(H2,23,25,26);/q;+1/p-1. The van der Waals surface area contributed by atoms with Crippen LogP contribution in [0.5, 0.6) is 5.75 Å². The molecule has 144 valence electrons. The van der Waals surface area contributed by atoms with Gasteiger partial charge in [0, 0.05) is 16.9 Å². The third-order valence-corrected chi connectivity index (χ3v) is 4.95. The molecule has 0 radical (unpaired) electrons. The molecule has 3 aromatic carbocycles. The van der Waals surface area contributed by atoms with E-state index in [9.17, 15) is 14.3 Å². The Labute approximate surface area is 192 Å². The van der Waals surface area contributed by atoms with E-state index in [1.807, 2.05) is 38.1 Å². The minimum absolute atomic E-state index is 0. The molecule has 0 saturated carbocycles. The van der Waals surface area contributed by atoms with E-state index in [1.165, 1.54) is 24.3 Å². The molecule has 3 aromatic rings. The number of hydrogen-bond donors (Lipinski definition) is 2. The molecule has 8 heteroatoms. The van der Waals surface area contributed by atoms with E-state index in [1.54, 1.807) is 24.3 Å². The Balaban J connectivity index is 0.00000300. The fraction of sp³-hybridized carbons (Fsp3) is 0.0952. The van der Waals surface area contributed by atoms with Crippen molar-refractivity contribution < 1.29 is 48.3 Å². The summed E-state index contributed by atoms with van der Waals surface area (Å²) >= 11 is 0. The topological polar surface area (TPSA) is 90.5 Å². The van der Waals surface area contributed by atoms with Gasteiger partial charge in [-0.1, -0.05) is 35.4 Å². The average Bonchev–Trinajstić information content (AvgIpc) is 2.65. The van der Waals surface area contributed by atoms with Crippen LogP contribution in [0.1, 0.15) is 21.5 Å². The largest absolute Gasteiger partial charge is 1.00 e. The molecule has 0 saturated heterocycles. The summed E-state index contributed by atoms with van der Waals surface area (Å²) in [4.78, 5) is 24.4. The number of hydrogen-bond acceptors (Lipinski definition) is 4. The molecule has 6 nitrogen and oxygen atoms in total. The number of carbonyl (C=O) groups excluding carboxylic acids is 1. The van der Waals surface area contributed by atoms with Gasteiger partial charge in [-0.05, 0) is 62.4 Å². The van der Waals surface area contributed by atoms with Crippen LogP contribution in [0.4, 0.5) is 11.4 Å². The van der Waals surface area contributed by atoms with E-state index < -0.39 is 7.75 Å². The van der Waals surface area contributed by atoms with Crippen molar-refractivity contribution in [2.45, 2.75) is 13.8 Å². The monoisotopic (exact) mass is 418 g/mol. The molecule has 0 aliphatic carbocycles. The van der Waals surface area contributed by atoms with Crippen LogP contribution in [-0.2, 0) is 4.57 Å². The Morgan fingerprint density at radius 3 is 1.83 bits per heavy atom. The van der Waals surface area contributed by atoms with Crippen molar-refractivity contribution >= 4 is 25.0 Å². The number of nitrogens with one attached hydrogen (secondary N) is 2. The first-order chi connectivity index (χ1) is 13.3. The quantitative estimate of drug-likeness (QED) is 0.468. The van der Waals surface area contributed by atoms with Crippen molar-refractivity contribution in [3.8, 4) is 5.75 Å². The Bertz CT molecular complexity index is 1010. The van der Waals surface area contributed by atoms with Gasteiger partial charge >= 0.3 is 29.6 Å². The Morgan fingerprint density at radius 1 is 0.828 bits per heavy atom. The maximum atomic E-state index is 12.3. The van der Waals surface area contributed by atoms with Gasteiger partial charge in [0.15, 0.2) is 0 Å². The summed E-state index contributed by atoms with van der Waals surface area (Å²) in [5.74, 6) is -0.177. The molecular formula is C21H20N2NaO4P. The van der Waals surface area contributed by atoms with Gasteiger partial charge in [0.05, 0.1) is 0 Å². The van der Waals surface area contributed by atoms with Crippen LogP contribution in [0, 0.1) is 13.8 Å². The second kappa shape index (κ2) is 10.1. The summed E-state index contributed by atoms with van der Waals surface area (Å²) in [5.41, 5.74) is 3.60. The molecule has 1 atom stereocenters. The van der Waals surface area contributed by atoms with Gasteiger partial charge in [-0.25, -0.2) is 0 Å². The SMILES string of the molecule is Cc1ccc(NC(=O)c2ccc(OP(=O)([O-])Nc3ccc(C)cc3)cc2)cc1.[Na+]. The molecule has 1 unspecified atom stereocenters. The normalized spacial score (nSPS) is 12.2. The Morgan fingerprint density at radius 2 is 1.31 bits per heavy atom. The summed E-state index contributed by atoms with van der Waals surface area (Å²) in [6, 6.07) is 20.2. The van der Waals surface area contributed by atoms with Gasteiger partial charge in [-0.3, -0.25) is 9.36 Å². The number of carbonyl (C=O) groups is 1. The fourth-order valence-corrected chi connectivity index (χ4v) is 3.37. The van der Waals surface area contributed by atoms with E-state index in [0.29, 0.717) is 16.9 Å². The van der Waals surface area contributed by atoms with Crippen LogP contribution in [0.3, 0.4) is 0 Å².